The van der Waals surface area contributed by atoms with E-state index >= 15 is 0 Å². The lowest BCUT2D eigenvalue weighted by Crippen LogP contribution is -2.12. The summed E-state index contributed by atoms with van der Waals surface area (Å²) in [5.74, 6) is -3.65. The van der Waals surface area contributed by atoms with Crippen LogP contribution in [0.4, 0.5) is 0 Å². The largest absolute Gasteiger partial charge is 0.473 e. The number of hydrogen-bond donors (Lipinski definition) is 3. The van der Waals surface area contributed by atoms with Gasteiger partial charge >= 0.3 is 11.9 Å². The zero-order valence-corrected chi connectivity index (χ0v) is 11.3. The Morgan fingerprint density at radius 3 is 2.57 bits per heavy atom. The number of carboxylic acids is 2. The molecule has 1 aliphatic heterocycles. The molecule has 6 nitrogen and oxygen atoms in total. The van der Waals surface area contributed by atoms with Crippen LogP contribution in [0.5, 0.6) is 0 Å². The van der Waals surface area contributed by atoms with E-state index in [-0.39, 0.29) is 0 Å². The molecule has 1 atom stereocenters. The standard InChI is InChI=1S/C13H14N2.C2H2O4/c1-3-10-9-11(12-4-2-8-14-12)5-6-13(10)15-7-1;3-1(4)2(5)6/h1,3,5-7,9,12,14H,2,4,8H2;(H,3,4)(H,5,6)/t12-;/m1./s1. The Morgan fingerprint density at radius 1 is 1.19 bits per heavy atom. The van der Waals surface area contributed by atoms with E-state index in [0.29, 0.717) is 6.04 Å². The molecule has 110 valence electrons. The summed E-state index contributed by atoms with van der Waals surface area (Å²) in [6, 6.07) is 11.2. The maximum atomic E-state index is 9.10. The van der Waals surface area contributed by atoms with Crippen LogP contribution >= 0.6 is 0 Å². The van der Waals surface area contributed by atoms with Gasteiger partial charge in [-0.15, -0.1) is 0 Å². The van der Waals surface area contributed by atoms with Crippen LogP contribution in [0.1, 0.15) is 24.4 Å². The Kier molecular flexibility index (Phi) is 4.84. The molecule has 0 aliphatic carbocycles. The fraction of sp³-hybridized carbons (Fsp3) is 0.267. The van der Waals surface area contributed by atoms with Crippen LogP contribution in [0, 0.1) is 0 Å². The topological polar surface area (TPSA) is 99.5 Å². The van der Waals surface area contributed by atoms with Gasteiger partial charge in [0.1, 0.15) is 0 Å². The van der Waals surface area contributed by atoms with Crippen LogP contribution in [0.15, 0.2) is 36.5 Å². The van der Waals surface area contributed by atoms with Gasteiger partial charge in [0.15, 0.2) is 0 Å². The first kappa shape index (κ1) is 14.9. The Hall–Kier alpha value is -2.47. The average Bonchev–Trinajstić information content (AvgIpc) is 3.01. The molecule has 1 aromatic carbocycles. The van der Waals surface area contributed by atoms with E-state index in [1.807, 2.05) is 12.3 Å². The first-order valence-corrected chi connectivity index (χ1v) is 6.62. The van der Waals surface area contributed by atoms with Crippen molar-refractivity contribution in [1.82, 2.24) is 10.3 Å². The van der Waals surface area contributed by atoms with Gasteiger partial charge in [0.2, 0.25) is 0 Å². The summed E-state index contributed by atoms with van der Waals surface area (Å²) in [6.45, 7) is 1.15. The van der Waals surface area contributed by atoms with E-state index in [9.17, 15) is 0 Å². The smallest absolute Gasteiger partial charge is 0.414 e. The van der Waals surface area contributed by atoms with Gasteiger partial charge in [0.05, 0.1) is 5.52 Å². The number of nitrogens with one attached hydrogen (secondary N) is 1. The van der Waals surface area contributed by atoms with Crippen LogP contribution < -0.4 is 5.32 Å². The number of nitrogens with zero attached hydrogens (tertiary/aromatic N) is 1. The number of carboxylic acid groups (broad SMARTS) is 2. The minimum absolute atomic E-state index is 0.551. The van der Waals surface area contributed by atoms with E-state index in [0.717, 1.165) is 12.1 Å². The van der Waals surface area contributed by atoms with E-state index in [2.05, 4.69) is 34.6 Å². The molecule has 0 bridgehead atoms. The zero-order valence-electron chi connectivity index (χ0n) is 11.3. The van der Waals surface area contributed by atoms with Crippen molar-refractivity contribution in [3.8, 4) is 0 Å². The van der Waals surface area contributed by atoms with Gasteiger partial charge < -0.3 is 15.5 Å². The zero-order chi connectivity index (χ0) is 15.2. The van der Waals surface area contributed by atoms with E-state index < -0.39 is 11.9 Å². The molecule has 6 heteroatoms. The third-order valence-corrected chi connectivity index (χ3v) is 3.27. The summed E-state index contributed by atoms with van der Waals surface area (Å²) in [5.41, 5.74) is 2.48. The first-order chi connectivity index (χ1) is 10.1. The minimum Gasteiger partial charge on any atom is -0.473 e. The van der Waals surface area contributed by atoms with E-state index in [4.69, 9.17) is 19.8 Å². The van der Waals surface area contributed by atoms with Gasteiger partial charge in [-0.2, -0.15) is 0 Å². The van der Waals surface area contributed by atoms with E-state index in [1.54, 1.807) is 0 Å². The quantitative estimate of drug-likeness (QED) is 0.692. The van der Waals surface area contributed by atoms with Crippen molar-refractivity contribution in [2.75, 3.05) is 6.54 Å². The molecule has 3 rings (SSSR count). The first-order valence-electron chi connectivity index (χ1n) is 6.62. The number of hydrogen-bond acceptors (Lipinski definition) is 4. The van der Waals surface area contributed by atoms with Gasteiger partial charge in [0.25, 0.3) is 0 Å². The molecule has 21 heavy (non-hydrogen) atoms. The highest BCUT2D eigenvalue weighted by molar-refractivity contribution is 6.27. The van der Waals surface area contributed by atoms with Crippen LogP contribution in [0.3, 0.4) is 0 Å². The predicted octanol–water partition coefficient (Wildman–Crippen LogP) is 1.81. The molecule has 0 saturated carbocycles. The number of aromatic nitrogens is 1. The van der Waals surface area contributed by atoms with Crippen molar-refractivity contribution in [2.24, 2.45) is 0 Å². The molecule has 3 N–H and O–H groups in total. The summed E-state index contributed by atoms with van der Waals surface area (Å²) < 4.78 is 0. The van der Waals surface area contributed by atoms with Gasteiger partial charge in [-0.25, -0.2) is 9.59 Å². The van der Waals surface area contributed by atoms with Crippen LogP contribution in [0.2, 0.25) is 0 Å². The molecule has 2 aromatic rings. The van der Waals surface area contributed by atoms with E-state index in [1.165, 1.54) is 23.8 Å². The fourth-order valence-electron chi connectivity index (χ4n) is 2.28. The van der Waals surface area contributed by atoms with Crippen molar-refractivity contribution >= 4 is 22.8 Å². The number of rotatable bonds is 1. The predicted molar refractivity (Wildman–Crippen MR) is 77.0 cm³/mol. The molecular weight excluding hydrogens is 272 g/mol. The van der Waals surface area contributed by atoms with Gasteiger partial charge in [-0.05, 0) is 43.1 Å². The second-order valence-corrected chi connectivity index (χ2v) is 4.71. The molecule has 2 heterocycles. The Bertz CT molecular complexity index is 639. The lowest BCUT2D eigenvalue weighted by Gasteiger charge is -2.10. The summed E-state index contributed by atoms with van der Waals surface area (Å²) >= 11 is 0. The highest BCUT2D eigenvalue weighted by atomic mass is 16.4. The number of aliphatic carboxylic acids is 2. The summed E-state index contributed by atoms with van der Waals surface area (Å²) in [5, 5.41) is 19.5. The van der Waals surface area contributed by atoms with Crippen LogP contribution in [0.25, 0.3) is 10.9 Å². The van der Waals surface area contributed by atoms with Crippen LogP contribution in [-0.4, -0.2) is 33.7 Å². The molecule has 1 aromatic heterocycles. The lowest BCUT2D eigenvalue weighted by molar-refractivity contribution is -0.159. The highest BCUT2D eigenvalue weighted by Crippen LogP contribution is 2.25. The molecule has 0 unspecified atom stereocenters. The number of carbonyl (C=O) groups is 2. The van der Waals surface area contributed by atoms with Crippen molar-refractivity contribution in [3.05, 3.63) is 42.1 Å². The third kappa shape index (κ3) is 4.00. The normalized spacial score (nSPS) is 17.0. The van der Waals surface area contributed by atoms with Gasteiger partial charge in [0, 0.05) is 17.6 Å². The lowest BCUT2D eigenvalue weighted by atomic mass is 10.0. The molecule has 1 aliphatic rings. The number of fused-ring (bicyclic) bond motifs is 1. The van der Waals surface area contributed by atoms with Gasteiger partial charge in [-0.1, -0.05) is 12.1 Å². The van der Waals surface area contributed by atoms with Crippen molar-refractivity contribution in [2.45, 2.75) is 18.9 Å². The van der Waals surface area contributed by atoms with Crippen LogP contribution in [-0.2, 0) is 9.59 Å². The van der Waals surface area contributed by atoms with Crippen molar-refractivity contribution in [1.29, 1.82) is 0 Å². The second-order valence-electron chi connectivity index (χ2n) is 4.71. The highest BCUT2D eigenvalue weighted by Gasteiger charge is 2.15. The Balaban J connectivity index is 0.000000232. The SMILES string of the molecule is O=C(O)C(=O)O.c1cnc2ccc([C@H]3CCCN3)cc2c1. The number of pyridine rings is 1. The summed E-state index contributed by atoms with van der Waals surface area (Å²) in [4.78, 5) is 22.5. The molecule has 0 amide bonds. The fourth-order valence-corrected chi connectivity index (χ4v) is 2.28. The molecule has 1 saturated heterocycles. The number of benzene rings is 1. The maximum Gasteiger partial charge on any atom is 0.414 e. The average molecular weight is 288 g/mol. The molecule has 0 spiro atoms. The molecule has 1 fully saturated rings. The second kappa shape index (κ2) is 6.81. The van der Waals surface area contributed by atoms with Gasteiger partial charge in [-0.3, -0.25) is 4.98 Å². The molecular formula is C15H16N2O4. The Labute approximate surface area is 121 Å². The third-order valence-electron chi connectivity index (χ3n) is 3.27. The Morgan fingerprint density at radius 2 is 1.95 bits per heavy atom. The monoisotopic (exact) mass is 288 g/mol. The van der Waals surface area contributed by atoms with Crippen molar-refractivity contribution < 1.29 is 19.8 Å². The van der Waals surface area contributed by atoms with Crippen molar-refractivity contribution in [3.63, 3.8) is 0 Å². The summed E-state index contributed by atoms with van der Waals surface area (Å²) in [6.07, 6.45) is 4.39. The molecule has 0 radical (unpaired) electrons. The summed E-state index contributed by atoms with van der Waals surface area (Å²) in [7, 11) is 0. The maximum absolute atomic E-state index is 9.10. The minimum atomic E-state index is -1.82.